The molecule has 146 valence electrons. The second-order valence-electron chi connectivity index (χ2n) is 6.50. The Balaban J connectivity index is 1.68. The first-order valence-electron chi connectivity index (χ1n) is 8.84. The number of esters is 1. The topological polar surface area (TPSA) is 119 Å². The number of carbonyl (C=O) groups is 2. The van der Waals surface area contributed by atoms with Gasteiger partial charge in [0.25, 0.3) is 0 Å². The highest BCUT2D eigenvalue weighted by Gasteiger charge is 2.35. The Morgan fingerprint density at radius 2 is 1.86 bits per heavy atom. The Morgan fingerprint density at radius 3 is 2.55 bits per heavy atom. The smallest absolute Gasteiger partial charge is 0.338 e. The van der Waals surface area contributed by atoms with Crippen molar-refractivity contribution in [2.75, 3.05) is 5.32 Å². The number of carboxylic acid groups (broad SMARTS) is 1. The normalized spacial score (nSPS) is 15.4. The molecule has 0 saturated heterocycles. The fourth-order valence-corrected chi connectivity index (χ4v) is 3.19. The minimum atomic E-state index is -1.03. The molecule has 1 aliphatic heterocycles. The number of tetrazole rings is 1. The summed E-state index contributed by atoms with van der Waals surface area (Å²) in [5, 5.41) is 23.7. The third-order valence-corrected chi connectivity index (χ3v) is 4.62. The quantitative estimate of drug-likeness (QED) is 0.637. The third-order valence-electron chi connectivity index (χ3n) is 4.62. The van der Waals surface area contributed by atoms with Crippen LogP contribution in [0, 0.1) is 0 Å². The van der Waals surface area contributed by atoms with E-state index in [0.29, 0.717) is 22.8 Å². The molecule has 1 unspecified atom stereocenters. The van der Waals surface area contributed by atoms with E-state index in [1.807, 2.05) is 30.3 Å². The number of carboxylic acids is 1. The molecule has 2 N–H and O–H groups in total. The molecular weight excluding hydrogens is 374 g/mol. The summed E-state index contributed by atoms with van der Waals surface area (Å²) in [7, 11) is 0. The zero-order chi connectivity index (χ0) is 20.4. The number of fused-ring (bicyclic) bond motifs is 1. The van der Waals surface area contributed by atoms with E-state index in [-0.39, 0.29) is 12.2 Å². The standard InChI is InChI=1S/C20H17N5O4/c1-12-16(19(28)29-11-13-5-3-2-4-6-13)17(25-20(21-12)22-23-24-25)14-7-9-15(10-8-14)18(26)27/h2-10,17H,11H2,1H3,(H,26,27)(H,21,22,24). The average molecular weight is 391 g/mol. The number of allylic oxidation sites excluding steroid dienone is 1. The molecule has 1 aliphatic rings. The fraction of sp³-hybridized carbons (Fsp3) is 0.150. The Bertz CT molecular complexity index is 1090. The zero-order valence-corrected chi connectivity index (χ0v) is 15.4. The molecule has 0 bridgehead atoms. The minimum Gasteiger partial charge on any atom is -0.478 e. The van der Waals surface area contributed by atoms with Crippen molar-refractivity contribution < 1.29 is 19.4 Å². The summed E-state index contributed by atoms with van der Waals surface area (Å²) in [5.41, 5.74) is 2.60. The van der Waals surface area contributed by atoms with Crippen LogP contribution in [0.4, 0.5) is 5.95 Å². The van der Waals surface area contributed by atoms with Crippen LogP contribution in [-0.2, 0) is 16.1 Å². The second kappa shape index (κ2) is 7.55. The lowest BCUT2D eigenvalue weighted by Crippen LogP contribution is -2.29. The van der Waals surface area contributed by atoms with E-state index >= 15 is 0 Å². The van der Waals surface area contributed by atoms with E-state index in [1.54, 1.807) is 19.1 Å². The molecule has 9 nitrogen and oxygen atoms in total. The predicted molar refractivity (Wildman–Crippen MR) is 102 cm³/mol. The number of rotatable bonds is 5. The van der Waals surface area contributed by atoms with Gasteiger partial charge in [0.05, 0.1) is 11.1 Å². The van der Waals surface area contributed by atoms with Gasteiger partial charge in [-0.25, -0.2) is 9.59 Å². The van der Waals surface area contributed by atoms with Crippen molar-refractivity contribution in [1.29, 1.82) is 0 Å². The summed E-state index contributed by atoms with van der Waals surface area (Å²) in [6.45, 7) is 1.87. The van der Waals surface area contributed by atoms with Crippen LogP contribution in [0.2, 0.25) is 0 Å². The molecule has 0 amide bonds. The first kappa shape index (κ1) is 18.4. The Morgan fingerprint density at radius 1 is 1.14 bits per heavy atom. The van der Waals surface area contributed by atoms with Crippen LogP contribution in [-0.4, -0.2) is 37.3 Å². The van der Waals surface area contributed by atoms with Crippen LogP contribution in [0.15, 0.2) is 65.9 Å². The van der Waals surface area contributed by atoms with Gasteiger partial charge in [0.2, 0.25) is 5.95 Å². The highest BCUT2D eigenvalue weighted by molar-refractivity contribution is 5.92. The molecule has 9 heteroatoms. The van der Waals surface area contributed by atoms with Crippen molar-refractivity contribution in [3.05, 3.63) is 82.6 Å². The molecule has 1 aromatic heterocycles. The zero-order valence-electron chi connectivity index (χ0n) is 15.4. The summed E-state index contributed by atoms with van der Waals surface area (Å²) in [5.74, 6) is -1.15. The van der Waals surface area contributed by atoms with Crippen molar-refractivity contribution >= 4 is 17.9 Å². The van der Waals surface area contributed by atoms with Crippen molar-refractivity contribution in [2.24, 2.45) is 0 Å². The van der Waals surface area contributed by atoms with Gasteiger partial charge in [0, 0.05) is 5.70 Å². The number of anilines is 1. The number of nitrogens with zero attached hydrogens (tertiary/aromatic N) is 4. The summed E-state index contributed by atoms with van der Waals surface area (Å²) >= 11 is 0. The van der Waals surface area contributed by atoms with Gasteiger partial charge in [-0.15, -0.1) is 0 Å². The van der Waals surface area contributed by atoms with E-state index in [9.17, 15) is 9.59 Å². The second-order valence-corrected chi connectivity index (χ2v) is 6.50. The number of benzene rings is 2. The molecule has 29 heavy (non-hydrogen) atoms. The Hall–Kier alpha value is -4.01. The van der Waals surface area contributed by atoms with Gasteiger partial charge in [-0.1, -0.05) is 47.6 Å². The molecule has 0 fully saturated rings. The highest BCUT2D eigenvalue weighted by atomic mass is 16.5. The number of carbonyl (C=O) groups excluding carboxylic acids is 1. The molecule has 0 radical (unpaired) electrons. The van der Waals surface area contributed by atoms with Crippen molar-refractivity contribution in [3.8, 4) is 0 Å². The molecule has 0 aliphatic carbocycles. The number of nitrogens with one attached hydrogen (secondary N) is 1. The largest absolute Gasteiger partial charge is 0.478 e. The van der Waals surface area contributed by atoms with E-state index < -0.39 is 18.0 Å². The molecule has 2 heterocycles. The number of aromatic nitrogens is 4. The summed E-state index contributed by atoms with van der Waals surface area (Å²) in [6.07, 6.45) is 0. The maximum Gasteiger partial charge on any atom is 0.338 e. The summed E-state index contributed by atoms with van der Waals surface area (Å²) in [4.78, 5) is 24.1. The van der Waals surface area contributed by atoms with Gasteiger partial charge < -0.3 is 15.2 Å². The van der Waals surface area contributed by atoms with Crippen molar-refractivity contribution in [1.82, 2.24) is 20.2 Å². The van der Waals surface area contributed by atoms with Gasteiger partial charge in [0.1, 0.15) is 12.6 Å². The summed E-state index contributed by atoms with van der Waals surface area (Å²) in [6, 6.07) is 15.0. The number of ether oxygens (including phenoxy) is 1. The van der Waals surface area contributed by atoms with Gasteiger partial charge in [-0.05, 0) is 40.6 Å². The fourth-order valence-electron chi connectivity index (χ4n) is 3.19. The van der Waals surface area contributed by atoms with E-state index in [1.165, 1.54) is 16.8 Å². The Labute approximate surface area is 165 Å². The molecule has 3 aromatic rings. The number of hydrogen-bond donors (Lipinski definition) is 2. The first-order valence-corrected chi connectivity index (χ1v) is 8.84. The summed E-state index contributed by atoms with van der Waals surface area (Å²) < 4.78 is 7.00. The monoisotopic (exact) mass is 391 g/mol. The van der Waals surface area contributed by atoms with Gasteiger partial charge >= 0.3 is 11.9 Å². The first-order chi connectivity index (χ1) is 14.0. The van der Waals surface area contributed by atoms with E-state index in [2.05, 4.69) is 20.8 Å². The van der Waals surface area contributed by atoms with Crippen LogP contribution >= 0.6 is 0 Å². The molecule has 0 saturated carbocycles. The van der Waals surface area contributed by atoms with Crippen molar-refractivity contribution in [2.45, 2.75) is 19.6 Å². The van der Waals surface area contributed by atoms with Crippen LogP contribution in [0.5, 0.6) is 0 Å². The SMILES string of the molecule is CC1=C(C(=O)OCc2ccccc2)C(c2ccc(C(=O)O)cc2)n2nnnc2N1. The third kappa shape index (κ3) is 3.57. The molecule has 2 aromatic carbocycles. The Kier molecular flexibility index (Phi) is 4.78. The average Bonchev–Trinajstić information content (AvgIpc) is 3.20. The van der Waals surface area contributed by atoms with Crippen LogP contribution < -0.4 is 5.32 Å². The van der Waals surface area contributed by atoms with E-state index in [0.717, 1.165) is 5.56 Å². The lowest BCUT2D eigenvalue weighted by atomic mass is 9.95. The predicted octanol–water partition coefficient (Wildman–Crippen LogP) is 2.40. The minimum absolute atomic E-state index is 0.129. The number of aromatic carboxylic acids is 1. The lowest BCUT2D eigenvalue weighted by Gasteiger charge is -2.27. The van der Waals surface area contributed by atoms with Crippen LogP contribution in [0.25, 0.3) is 0 Å². The molecule has 4 rings (SSSR count). The van der Waals surface area contributed by atoms with Crippen LogP contribution in [0.3, 0.4) is 0 Å². The lowest BCUT2D eigenvalue weighted by molar-refractivity contribution is -0.140. The van der Waals surface area contributed by atoms with E-state index in [4.69, 9.17) is 9.84 Å². The van der Waals surface area contributed by atoms with Gasteiger partial charge in [-0.2, -0.15) is 4.68 Å². The number of hydrogen-bond acceptors (Lipinski definition) is 7. The highest BCUT2D eigenvalue weighted by Crippen LogP contribution is 2.35. The molecule has 1 atom stereocenters. The maximum absolute atomic E-state index is 13.0. The van der Waals surface area contributed by atoms with Gasteiger partial charge in [-0.3, -0.25) is 0 Å². The molecular formula is C20H17N5O4. The molecule has 0 spiro atoms. The maximum atomic E-state index is 13.0. The van der Waals surface area contributed by atoms with Crippen LogP contribution in [0.1, 0.15) is 34.5 Å². The van der Waals surface area contributed by atoms with Gasteiger partial charge in [0.15, 0.2) is 0 Å². The van der Waals surface area contributed by atoms with Crippen molar-refractivity contribution in [3.63, 3.8) is 0 Å².